The molecule has 3 nitrogen and oxygen atoms in total. The van der Waals surface area contributed by atoms with Gasteiger partial charge in [-0.2, -0.15) is 0 Å². The van der Waals surface area contributed by atoms with Crippen molar-refractivity contribution in [1.29, 1.82) is 0 Å². The minimum atomic E-state index is -0.0968. The molecular formula is C13H23NO2S. The van der Waals surface area contributed by atoms with Crippen molar-refractivity contribution in [3.05, 3.63) is 0 Å². The third-order valence-corrected chi connectivity index (χ3v) is 5.09. The molecule has 0 radical (unpaired) electrons. The summed E-state index contributed by atoms with van der Waals surface area (Å²) in [6.07, 6.45) is 7.63. The Kier molecular flexibility index (Phi) is 4.36. The van der Waals surface area contributed by atoms with Crippen LogP contribution in [0.25, 0.3) is 0 Å². The van der Waals surface area contributed by atoms with Gasteiger partial charge in [-0.1, -0.05) is 25.7 Å². The number of nitrogens with one attached hydrogen (secondary N) is 1. The first-order valence-electron chi connectivity index (χ1n) is 6.73. The van der Waals surface area contributed by atoms with Crippen LogP contribution >= 0.6 is 11.8 Å². The smallest absolute Gasteiger partial charge is 0.324 e. The van der Waals surface area contributed by atoms with Crippen molar-refractivity contribution >= 4 is 17.7 Å². The zero-order valence-corrected chi connectivity index (χ0v) is 11.6. The molecule has 0 amide bonds. The molecule has 0 unspecified atom stereocenters. The Morgan fingerprint density at radius 1 is 1.29 bits per heavy atom. The fraction of sp³-hybridized carbons (Fsp3) is 0.923. The predicted octanol–water partition coefficient (Wildman–Crippen LogP) is 2.69. The Hall–Kier alpha value is -0.220. The summed E-state index contributed by atoms with van der Waals surface area (Å²) in [5.41, 5.74) is 0. The lowest BCUT2D eigenvalue weighted by Gasteiger charge is -2.27. The first kappa shape index (κ1) is 13.2. The highest BCUT2D eigenvalue weighted by atomic mass is 32.2. The summed E-state index contributed by atoms with van der Waals surface area (Å²) < 4.78 is 5.28. The van der Waals surface area contributed by atoms with E-state index >= 15 is 0 Å². The number of thioether (sulfide) groups is 1. The van der Waals surface area contributed by atoms with Crippen molar-refractivity contribution < 1.29 is 9.53 Å². The van der Waals surface area contributed by atoms with Crippen molar-refractivity contribution in [1.82, 2.24) is 5.32 Å². The van der Waals surface area contributed by atoms with Gasteiger partial charge in [0.05, 0.1) is 11.0 Å². The van der Waals surface area contributed by atoms with E-state index in [0.29, 0.717) is 0 Å². The molecule has 98 valence electrons. The summed E-state index contributed by atoms with van der Waals surface area (Å²) in [5, 5.41) is 3.54. The quantitative estimate of drug-likeness (QED) is 0.772. The highest BCUT2D eigenvalue weighted by molar-refractivity contribution is 8.00. The van der Waals surface area contributed by atoms with Crippen LogP contribution < -0.4 is 5.32 Å². The molecule has 0 bridgehead atoms. The number of rotatable bonds is 2. The average Bonchev–Trinajstić information content (AvgIpc) is 2.52. The Labute approximate surface area is 108 Å². The summed E-state index contributed by atoms with van der Waals surface area (Å²) >= 11 is 1.93. The van der Waals surface area contributed by atoms with Gasteiger partial charge in [-0.15, -0.1) is 11.8 Å². The lowest BCUT2D eigenvalue weighted by Crippen LogP contribution is -2.45. The standard InChI is InChI=1S/C13H23NO2S/c1-10(2)16-12(15)11-9-17-13(14-11)7-5-3-4-6-8-13/h10-11,14H,3-9H2,1-2H3/t11-/m0/s1. The van der Waals surface area contributed by atoms with Gasteiger partial charge in [0, 0.05) is 5.75 Å². The van der Waals surface area contributed by atoms with Crippen LogP contribution in [-0.2, 0) is 9.53 Å². The van der Waals surface area contributed by atoms with Crippen molar-refractivity contribution in [2.75, 3.05) is 5.75 Å². The molecule has 2 rings (SSSR count). The fourth-order valence-corrected chi connectivity index (χ4v) is 4.18. The van der Waals surface area contributed by atoms with Gasteiger partial charge in [-0.25, -0.2) is 0 Å². The molecule has 4 heteroatoms. The van der Waals surface area contributed by atoms with Crippen molar-refractivity contribution in [2.24, 2.45) is 0 Å². The molecule has 1 atom stereocenters. The van der Waals surface area contributed by atoms with Crippen LogP contribution in [0.2, 0.25) is 0 Å². The molecule has 0 aromatic heterocycles. The maximum absolute atomic E-state index is 11.9. The van der Waals surface area contributed by atoms with Gasteiger partial charge in [0.15, 0.2) is 0 Å². The van der Waals surface area contributed by atoms with Gasteiger partial charge in [0.2, 0.25) is 0 Å². The summed E-state index contributed by atoms with van der Waals surface area (Å²) in [7, 11) is 0. The van der Waals surface area contributed by atoms with E-state index in [4.69, 9.17) is 4.74 Å². The van der Waals surface area contributed by atoms with E-state index in [-0.39, 0.29) is 23.0 Å². The van der Waals surface area contributed by atoms with E-state index in [0.717, 1.165) is 5.75 Å². The van der Waals surface area contributed by atoms with E-state index in [1.165, 1.54) is 38.5 Å². The second-order valence-electron chi connectivity index (χ2n) is 5.40. The first-order valence-corrected chi connectivity index (χ1v) is 7.72. The third-order valence-electron chi connectivity index (χ3n) is 3.51. The Morgan fingerprint density at radius 3 is 2.53 bits per heavy atom. The molecule has 1 saturated heterocycles. The van der Waals surface area contributed by atoms with Gasteiger partial charge in [-0.05, 0) is 26.7 Å². The van der Waals surface area contributed by atoms with Gasteiger partial charge < -0.3 is 4.74 Å². The minimum absolute atomic E-state index is 0.0139. The second-order valence-corrected chi connectivity index (χ2v) is 6.81. The number of esters is 1. The van der Waals surface area contributed by atoms with E-state index in [2.05, 4.69) is 5.32 Å². The first-order chi connectivity index (χ1) is 8.11. The summed E-state index contributed by atoms with van der Waals surface area (Å²) in [6.45, 7) is 3.81. The van der Waals surface area contributed by atoms with Crippen LogP contribution in [0.4, 0.5) is 0 Å². The second kappa shape index (κ2) is 5.61. The zero-order chi connectivity index (χ0) is 12.3. The van der Waals surface area contributed by atoms with Gasteiger partial charge in [0.1, 0.15) is 6.04 Å². The average molecular weight is 257 g/mol. The normalized spacial score (nSPS) is 28.3. The number of hydrogen-bond acceptors (Lipinski definition) is 4. The molecule has 2 aliphatic rings. The number of hydrogen-bond donors (Lipinski definition) is 1. The van der Waals surface area contributed by atoms with Crippen LogP contribution in [0.3, 0.4) is 0 Å². The van der Waals surface area contributed by atoms with E-state index in [1.807, 2.05) is 25.6 Å². The molecule has 17 heavy (non-hydrogen) atoms. The highest BCUT2D eigenvalue weighted by Gasteiger charge is 2.42. The van der Waals surface area contributed by atoms with Crippen molar-refractivity contribution in [3.8, 4) is 0 Å². The maximum Gasteiger partial charge on any atom is 0.324 e. The predicted molar refractivity (Wildman–Crippen MR) is 71.0 cm³/mol. The van der Waals surface area contributed by atoms with Crippen LogP contribution in [0.15, 0.2) is 0 Å². The maximum atomic E-state index is 11.9. The lowest BCUT2D eigenvalue weighted by molar-refractivity contribution is -0.149. The molecule has 1 aliphatic heterocycles. The SMILES string of the molecule is CC(C)OC(=O)[C@@H]1CSC2(CCCCCC2)N1. The fourth-order valence-electron chi connectivity index (χ4n) is 2.67. The number of ether oxygens (including phenoxy) is 1. The van der Waals surface area contributed by atoms with Gasteiger partial charge in [-0.3, -0.25) is 10.1 Å². The van der Waals surface area contributed by atoms with Gasteiger partial charge in [0.25, 0.3) is 0 Å². The Morgan fingerprint density at radius 2 is 1.94 bits per heavy atom. The minimum Gasteiger partial charge on any atom is -0.462 e. The summed E-state index contributed by atoms with van der Waals surface area (Å²) in [6, 6.07) is -0.0968. The largest absolute Gasteiger partial charge is 0.462 e. The van der Waals surface area contributed by atoms with Crippen molar-refractivity contribution in [2.45, 2.75) is 69.4 Å². The molecular weight excluding hydrogens is 234 g/mol. The van der Waals surface area contributed by atoms with E-state index in [9.17, 15) is 4.79 Å². The molecule has 1 aliphatic carbocycles. The molecule has 0 aromatic carbocycles. The lowest BCUT2D eigenvalue weighted by atomic mass is 10.1. The third kappa shape index (κ3) is 3.38. The van der Waals surface area contributed by atoms with Crippen LogP contribution in [0.1, 0.15) is 52.4 Å². The summed E-state index contributed by atoms with van der Waals surface area (Å²) in [5.74, 6) is 0.791. The highest BCUT2D eigenvalue weighted by Crippen LogP contribution is 2.41. The Bertz CT molecular complexity index is 273. The molecule has 2 fully saturated rings. The number of carbonyl (C=O) groups excluding carboxylic acids is 1. The number of carbonyl (C=O) groups is 1. The van der Waals surface area contributed by atoms with Crippen LogP contribution in [-0.4, -0.2) is 28.7 Å². The molecule has 1 spiro atoms. The van der Waals surface area contributed by atoms with E-state index < -0.39 is 0 Å². The van der Waals surface area contributed by atoms with Crippen molar-refractivity contribution in [3.63, 3.8) is 0 Å². The van der Waals surface area contributed by atoms with Crippen LogP contribution in [0.5, 0.6) is 0 Å². The molecule has 1 N–H and O–H groups in total. The zero-order valence-electron chi connectivity index (χ0n) is 10.8. The van der Waals surface area contributed by atoms with Gasteiger partial charge >= 0.3 is 5.97 Å². The monoisotopic (exact) mass is 257 g/mol. The molecule has 0 aromatic rings. The molecule has 1 saturated carbocycles. The Balaban J connectivity index is 1.91. The van der Waals surface area contributed by atoms with E-state index in [1.54, 1.807) is 0 Å². The summed E-state index contributed by atoms with van der Waals surface area (Å²) in [4.78, 5) is 12.0. The van der Waals surface area contributed by atoms with Crippen LogP contribution in [0, 0.1) is 0 Å². The molecule has 1 heterocycles. The topological polar surface area (TPSA) is 38.3 Å².